The summed E-state index contributed by atoms with van der Waals surface area (Å²) in [7, 11) is 0. The van der Waals surface area contributed by atoms with Gasteiger partial charge in [-0.15, -0.1) is 0 Å². The number of aliphatic hydroxyl groups excluding tert-OH is 1. The zero-order valence-corrected chi connectivity index (χ0v) is 14.1. The molecule has 3 rings (SSSR count). The maximum atomic E-state index is 9.40. The molecule has 1 heterocycles. The van der Waals surface area contributed by atoms with Gasteiger partial charge in [0.25, 0.3) is 0 Å². The first kappa shape index (κ1) is 16.3. The Kier molecular flexibility index (Phi) is 4.71. The number of aliphatic hydroxyl groups is 1. The molecule has 0 aliphatic heterocycles. The van der Waals surface area contributed by atoms with E-state index >= 15 is 0 Å². The van der Waals surface area contributed by atoms with Gasteiger partial charge in [-0.1, -0.05) is 26.0 Å². The normalized spacial score (nSPS) is 11.3. The van der Waals surface area contributed by atoms with E-state index in [1.54, 1.807) is 0 Å². The van der Waals surface area contributed by atoms with Gasteiger partial charge in [-0.2, -0.15) is 0 Å². The van der Waals surface area contributed by atoms with Crippen molar-refractivity contribution in [3.05, 3.63) is 42.5 Å². The predicted molar refractivity (Wildman–Crippen MR) is 97.0 cm³/mol. The van der Waals surface area contributed by atoms with Crippen molar-refractivity contribution in [2.24, 2.45) is 5.92 Å². The van der Waals surface area contributed by atoms with Crippen LogP contribution < -0.4 is 10.5 Å². The summed E-state index contributed by atoms with van der Waals surface area (Å²) in [4.78, 5) is 4.70. The fourth-order valence-corrected chi connectivity index (χ4v) is 2.70. The molecule has 0 radical (unpaired) electrons. The van der Waals surface area contributed by atoms with E-state index < -0.39 is 0 Å². The van der Waals surface area contributed by atoms with Gasteiger partial charge in [0.15, 0.2) is 0 Å². The summed E-state index contributed by atoms with van der Waals surface area (Å²) in [6, 6.07) is 13.6. The average Bonchev–Trinajstić information content (AvgIpc) is 2.93. The van der Waals surface area contributed by atoms with Crippen LogP contribution in [0.25, 0.3) is 22.4 Å². The van der Waals surface area contributed by atoms with Crippen LogP contribution in [0.2, 0.25) is 0 Å². The number of anilines is 1. The van der Waals surface area contributed by atoms with Gasteiger partial charge < -0.3 is 20.1 Å². The molecule has 0 saturated carbocycles. The standard InChI is InChI=1S/C19H23N3O2/c1-13(2)12-24-18-8-7-14(11-15(18)20)19-21-16-5-3-4-6-17(16)22(19)9-10-23/h3-8,11,13,23H,9-10,12,20H2,1-2H3. The number of para-hydroxylation sites is 2. The number of rotatable bonds is 6. The number of imidazole rings is 1. The number of fused-ring (bicyclic) bond motifs is 1. The Balaban J connectivity index is 2.01. The van der Waals surface area contributed by atoms with Crippen molar-refractivity contribution >= 4 is 16.7 Å². The maximum absolute atomic E-state index is 9.40. The molecule has 0 spiro atoms. The van der Waals surface area contributed by atoms with Crippen LogP contribution in [0.5, 0.6) is 5.75 Å². The van der Waals surface area contributed by atoms with Crippen molar-refractivity contribution in [1.29, 1.82) is 0 Å². The minimum absolute atomic E-state index is 0.0540. The van der Waals surface area contributed by atoms with Gasteiger partial charge in [0.1, 0.15) is 11.6 Å². The molecule has 0 saturated heterocycles. The molecule has 0 aliphatic rings. The van der Waals surface area contributed by atoms with Crippen LogP contribution in [0.4, 0.5) is 5.69 Å². The molecule has 0 atom stereocenters. The van der Waals surface area contributed by atoms with Gasteiger partial charge in [0.2, 0.25) is 0 Å². The molecule has 24 heavy (non-hydrogen) atoms. The summed E-state index contributed by atoms with van der Waals surface area (Å²) < 4.78 is 7.75. The highest BCUT2D eigenvalue weighted by molar-refractivity contribution is 5.81. The van der Waals surface area contributed by atoms with Crippen LogP contribution >= 0.6 is 0 Å². The predicted octanol–water partition coefficient (Wildman–Crippen LogP) is 3.31. The second kappa shape index (κ2) is 6.93. The minimum Gasteiger partial charge on any atom is -0.491 e. The maximum Gasteiger partial charge on any atom is 0.142 e. The lowest BCUT2D eigenvalue weighted by Crippen LogP contribution is -2.07. The second-order valence-electron chi connectivity index (χ2n) is 6.26. The van der Waals surface area contributed by atoms with Crippen molar-refractivity contribution in [1.82, 2.24) is 9.55 Å². The average molecular weight is 325 g/mol. The Bertz CT molecular complexity index is 840. The third kappa shape index (κ3) is 3.21. The lowest BCUT2D eigenvalue weighted by atomic mass is 10.1. The monoisotopic (exact) mass is 325 g/mol. The topological polar surface area (TPSA) is 73.3 Å². The molecule has 2 aromatic carbocycles. The summed E-state index contributed by atoms with van der Waals surface area (Å²) in [6.45, 7) is 5.37. The Labute approximate surface area is 141 Å². The van der Waals surface area contributed by atoms with Crippen LogP contribution in [0, 0.1) is 5.92 Å². The summed E-state index contributed by atoms with van der Waals surface area (Å²) in [5.41, 5.74) is 9.56. The first-order valence-electron chi connectivity index (χ1n) is 8.19. The van der Waals surface area contributed by atoms with E-state index in [1.165, 1.54) is 0 Å². The zero-order valence-electron chi connectivity index (χ0n) is 14.1. The van der Waals surface area contributed by atoms with Crippen molar-refractivity contribution in [2.75, 3.05) is 18.9 Å². The molecule has 3 N–H and O–H groups in total. The van der Waals surface area contributed by atoms with E-state index in [4.69, 9.17) is 15.5 Å². The van der Waals surface area contributed by atoms with Crippen LogP contribution in [0.15, 0.2) is 42.5 Å². The largest absolute Gasteiger partial charge is 0.491 e. The van der Waals surface area contributed by atoms with Gasteiger partial charge in [-0.05, 0) is 36.2 Å². The van der Waals surface area contributed by atoms with Crippen LogP contribution in [-0.4, -0.2) is 27.9 Å². The summed E-state index contributed by atoms with van der Waals surface area (Å²) in [5.74, 6) is 1.93. The SMILES string of the molecule is CC(C)COc1ccc(-c2nc3ccccc3n2CCO)cc1N. The molecule has 0 fully saturated rings. The van der Waals surface area contributed by atoms with Crippen LogP contribution in [0.3, 0.4) is 0 Å². The van der Waals surface area contributed by atoms with E-state index in [0.29, 0.717) is 30.5 Å². The van der Waals surface area contributed by atoms with Gasteiger partial charge in [0, 0.05) is 12.1 Å². The first-order valence-corrected chi connectivity index (χ1v) is 8.19. The number of ether oxygens (including phenoxy) is 1. The number of hydrogen-bond donors (Lipinski definition) is 2. The number of hydrogen-bond acceptors (Lipinski definition) is 4. The van der Waals surface area contributed by atoms with Crippen molar-refractivity contribution in [2.45, 2.75) is 20.4 Å². The highest BCUT2D eigenvalue weighted by atomic mass is 16.5. The Morgan fingerprint density at radius 3 is 2.71 bits per heavy atom. The van der Waals surface area contributed by atoms with E-state index in [9.17, 15) is 5.11 Å². The zero-order chi connectivity index (χ0) is 17.1. The highest BCUT2D eigenvalue weighted by Crippen LogP contribution is 2.30. The second-order valence-corrected chi connectivity index (χ2v) is 6.26. The van der Waals surface area contributed by atoms with Crippen LogP contribution in [-0.2, 0) is 6.54 Å². The Morgan fingerprint density at radius 2 is 2.00 bits per heavy atom. The summed E-state index contributed by atoms with van der Waals surface area (Å²) >= 11 is 0. The van der Waals surface area contributed by atoms with Crippen molar-refractivity contribution in [3.8, 4) is 17.1 Å². The van der Waals surface area contributed by atoms with Gasteiger partial charge in [-0.25, -0.2) is 4.98 Å². The van der Waals surface area contributed by atoms with E-state index in [-0.39, 0.29) is 6.61 Å². The number of nitrogens with two attached hydrogens (primary N) is 1. The number of benzene rings is 2. The van der Waals surface area contributed by atoms with E-state index in [2.05, 4.69) is 13.8 Å². The smallest absolute Gasteiger partial charge is 0.142 e. The fourth-order valence-electron chi connectivity index (χ4n) is 2.70. The fraction of sp³-hybridized carbons (Fsp3) is 0.316. The lowest BCUT2D eigenvalue weighted by Gasteiger charge is -2.13. The molecule has 0 unspecified atom stereocenters. The molecule has 0 bridgehead atoms. The van der Waals surface area contributed by atoms with Crippen molar-refractivity contribution < 1.29 is 9.84 Å². The van der Waals surface area contributed by atoms with E-state index in [1.807, 2.05) is 47.0 Å². The molecule has 1 aromatic heterocycles. The Hall–Kier alpha value is -2.53. The third-order valence-corrected chi connectivity index (χ3v) is 3.82. The summed E-state index contributed by atoms with van der Waals surface area (Å²) in [5, 5.41) is 9.40. The first-order chi connectivity index (χ1) is 11.6. The molecule has 5 nitrogen and oxygen atoms in total. The molecule has 3 aromatic rings. The van der Waals surface area contributed by atoms with Gasteiger partial charge in [0.05, 0.1) is 29.9 Å². The van der Waals surface area contributed by atoms with Gasteiger partial charge >= 0.3 is 0 Å². The molecule has 126 valence electrons. The molecule has 5 heteroatoms. The molecule has 0 aliphatic carbocycles. The van der Waals surface area contributed by atoms with Gasteiger partial charge in [-0.3, -0.25) is 0 Å². The quantitative estimate of drug-likeness (QED) is 0.682. The Morgan fingerprint density at radius 1 is 1.21 bits per heavy atom. The molecular weight excluding hydrogens is 302 g/mol. The van der Waals surface area contributed by atoms with Crippen molar-refractivity contribution in [3.63, 3.8) is 0 Å². The number of aromatic nitrogens is 2. The van der Waals surface area contributed by atoms with E-state index in [0.717, 1.165) is 22.4 Å². The third-order valence-electron chi connectivity index (χ3n) is 3.82. The lowest BCUT2D eigenvalue weighted by molar-refractivity contribution is 0.272. The van der Waals surface area contributed by atoms with Crippen LogP contribution in [0.1, 0.15) is 13.8 Å². The number of nitrogen functional groups attached to an aromatic ring is 1. The number of nitrogens with zero attached hydrogens (tertiary/aromatic N) is 2. The highest BCUT2D eigenvalue weighted by Gasteiger charge is 2.13. The summed E-state index contributed by atoms with van der Waals surface area (Å²) in [6.07, 6.45) is 0. The minimum atomic E-state index is 0.0540. The molecular formula is C19H23N3O2. The molecule has 0 amide bonds.